The monoisotopic (exact) mass is 884 g/mol. The van der Waals surface area contributed by atoms with Crippen molar-refractivity contribution in [3.8, 4) is 11.4 Å². The first-order valence-corrected chi connectivity index (χ1v) is 22.7. The molecule has 1 aromatic heterocycles. The van der Waals surface area contributed by atoms with Gasteiger partial charge in [-0.1, -0.05) is 58.4 Å². The van der Waals surface area contributed by atoms with E-state index in [1.54, 1.807) is 0 Å². The Morgan fingerprint density at radius 1 is 0.500 bits per heavy atom. The van der Waals surface area contributed by atoms with Crippen LogP contribution in [0.25, 0.3) is 5.69 Å². The maximum atomic E-state index is 10.9. The number of nitrogens with zero attached hydrogens (tertiary/aromatic N) is 2. The van der Waals surface area contributed by atoms with Crippen molar-refractivity contribution in [2.24, 2.45) is 0 Å². The Hall–Kier alpha value is -3.00. The molecule has 0 aliphatic heterocycles. The van der Waals surface area contributed by atoms with E-state index in [9.17, 15) is 4.79 Å². The van der Waals surface area contributed by atoms with Crippen molar-refractivity contribution < 1.29 is 70.9 Å². The van der Waals surface area contributed by atoms with Crippen LogP contribution < -0.4 is 9.30 Å². The number of rotatable bonds is 48. The van der Waals surface area contributed by atoms with Crippen LogP contribution in [0, 0.1) is 0 Å². The third-order valence-corrected chi connectivity index (χ3v) is 8.95. The van der Waals surface area contributed by atoms with Gasteiger partial charge in [0.25, 0.3) is 0 Å². The quantitative estimate of drug-likeness (QED) is 0.0372. The summed E-state index contributed by atoms with van der Waals surface area (Å²) in [7, 11) is 0. The Morgan fingerprint density at radius 3 is 1.27 bits per heavy atom. The van der Waals surface area contributed by atoms with E-state index in [-0.39, 0.29) is 6.61 Å². The molecule has 0 aliphatic rings. The van der Waals surface area contributed by atoms with E-state index in [1.165, 1.54) is 44.9 Å². The minimum absolute atomic E-state index is 0.196. The number of unbranched alkanes of at least 4 members (excludes halogenated alkanes) is 7. The van der Waals surface area contributed by atoms with Gasteiger partial charge in [-0.2, -0.15) is 0 Å². The van der Waals surface area contributed by atoms with E-state index in [4.69, 9.17) is 61.6 Å². The minimum atomic E-state index is -0.460. The van der Waals surface area contributed by atoms with Crippen LogP contribution in [-0.4, -0.2) is 169 Å². The third kappa shape index (κ3) is 34.5. The molecule has 0 amide bonds. The van der Waals surface area contributed by atoms with Gasteiger partial charge in [0, 0.05) is 6.08 Å². The second-order valence-corrected chi connectivity index (χ2v) is 14.0. The van der Waals surface area contributed by atoms with Gasteiger partial charge in [0.2, 0.25) is 6.33 Å². The summed E-state index contributed by atoms with van der Waals surface area (Å²) in [5, 5.41) is 0. The highest BCUT2D eigenvalue weighted by atomic mass is 16.6. The zero-order valence-corrected chi connectivity index (χ0v) is 37.8. The number of benzene rings is 1. The standard InChI is InChI=1S/C46H79N2O14/c1-3-5-6-7-8-9-10-11-19-61-45-14-12-44(13-15-45)48-17-16-47(43-48)18-20-50-21-22-51-23-24-52-25-26-53-27-28-54-29-30-55-31-32-56-33-34-57-35-36-58-37-38-59-39-40-60-41-42-62-46(49)4-2/h4,12-17,43H,2-3,5-11,18-42H2,1H3/q+1. The van der Waals surface area contributed by atoms with Gasteiger partial charge in [-0.3, -0.25) is 0 Å². The molecule has 0 atom stereocenters. The minimum Gasteiger partial charge on any atom is -0.494 e. The van der Waals surface area contributed by atoms with E-state index in [0.717, 1.165) is 37.1 Å². The molecule has 2 aromatic rings. The first-order chi connectivity index (χ1) is 30.7. The number of imidazole rings is 1. The highest BCUT2D eigenvalue weighted by Crippen LogP contribution is 2.16. The Bertz CT molecular complexity index is 1270. The molecule has 356 valence electrons. The van der Waals surface area contributed by atoms with Crippen molar-refractivity contribution >= 4 is 5.97 Å². The normalized spacial score (nSPS) is 11.4. The predicted molar refractivity (Wildman–Crippen MR) is 234 cm³/mol. The number of carbonyl (C=O) groups is 1. The van der Waals surface area contributed by atoms with Crippen LogP contribution in [0.4, 0.5) is 0 Å². The second-order valence-electron chi connectivity index (χ2n) is 14.0. The van der Waals surface area contributed by atoms with Gasteiger partial charge in [-0.15, -0.1) is 0 Å². The van der Waals surface area contributed by atoms with E-state index in [0.29, 0.717) is 145 Å². The molecular formula is C46H79N2O14+. The maximum Gasteiger partial charge on any atom is 0.330 e. The molecule has 0 saturated heterocycles. The molecule has 16 heteroatoms. The van der Waals surface area contributed by atoms with Gasteiger partial charge < -0.3 is 61.6 Å². The summed E-state index contributed by atoms with van der Waals surface area (Å²) in [6.45, 7) is 18.1. The van der Waals surface area contributed by atoms with Crippen molar-refractivity contribution in [3.05, 3.63) is 55.6 Å². The van der Waals surface area contributed by atoms with E-state index >= 15 is 0 Å². The smallest absolute Gasteiger partial charge is 0.330 e. The second kappa shape index (κ2) is 43.3. The highest BCUT2D eigenvalue weighted by Gasteiger charge is 2.07. The topological polar surface area (TPSA) is 146 Å². The third-order valence-electron chi connectivity index (χ3n) is 8.95. The molecule has 1 aromatic carbocycles. The van der Waals surface area contributed by atoms with Crippen molar-refractivity contribution in [1.29, 1.82) is 0 Å². The summed E-state index contributed by atoms with van der Waals surface area (Å²) < 4.78 is 75.5. The average Bonchev–Trinajstić information content (AvgIpc) is 3.77. The Morgan fingerprint density at radius 2 is 0.871 bits per heavy atom. The molecule has 0 fully saturated rings. The summed E-state index contributed by atoms with van der Waals surface area (Å²) in [6.07, 6.45) is 17.7. The van der Waals surface area contributed by atoms with Crippen molar-refractivity contribution in [2.45, 2.75) is 64.8 Å². The lowest BCUT2D eigenvalue weighted by molar-refractivity contribution is -0.697. The molecule has 62 heavy (non-hydrogen) atoms. The lowest BCUT2D eigenvalue weighted by Crippen LogP contribution is -2.33. The number of aromatic nitrogens is 2. The summed E-state index contributed by atoms with van der Waals surface area (Å²) in [4.78, 5) is 10.9. The molecule has 0 spiro atoms. The fraction of sp³-hybridized carbons (Fsp3) is 0.739. The first-order valence-electron chi connectivity index (χ1n) is 22.7. The Labute approximate surface area is 371 Å². The number of hydrogen-bond donors (Lipinski definition) is 0. The Kier molecular flexibility index (Phi) is 38.5. The predicted octanol–water partition coefficient (Wildman–Crippen LogP) is 5.20. The molecule has 0 unspecified atom stereocenters. The summed E-state index contributed by atoms with van der Waals surface area (Å²) in [5.74, 6) is 0.463. The summed E-state index contributed by atoms with van der Waals surface area (Å²) >= 11 is 0. The molecule has 16 nitrogen and oxygen atoms in total. The lowest BCUT2D eigenvalue weighted by Gasteiger charge is -2.09. The number of ether oxygens (including phenoxy) is 13. The van der Waals surface area contributed by atoms with Crippen LogP contribution in [0.15, 0.2) is 55.6 Å². The Balaban J connectivity index is 1.22. The highest BCUT2D eigenvalue weighted by molar-refractivity contribution is 5.81. The van der Waals surface area contributed by atoms with Gasteiger partial charge in [0.05, 0.1) is 152 Å². The molecular weight excluding hydrogens is 805 g/mol. The molecule has 0 N–H and O–H groups in total. The van der Waals surface area contributed by atoms with Gasteiger partial charge in [-0.05, 0) is 30.7 Å². The fourth-order valence-electron chi connectivity index (χ4n) is 5.55. The summed E-state index contributed by atoms with van der Waals surface area (Å²) in [6, 6.07) is 8.27. The zero-order chi connectivity index (χ0) is 44.1. The molecule has 2 rings (SSSR count). The van der Waals surface area contributed by atoms with Crippen LogP contribution in [0.2, 0.25) is 0 Å². The van der Waals surface area contributed by atoms with Crippen LogP contribution in [0.3, 0.4) is 0 Å². The molecule has 1 heterocycles. The van der Waals surface area contributed by atoms with Crippen LogP contribution in [-0.2, 0) is 68.2 Å². The van der Waals surface area contributed by atoms with Crippen LogP contribution in [0.1, 0.15) is 58.3 Å². The van der Waals surface area contributed by atoms with Crippen molar-refractivity contribution in [1.82, 2.24) is 4.57 Å². The van der Waals surface area contributed by atoms with Crippen LogP contribution >= 0.6 is 0 Å². The molecule has 0 saturated carbocycles. The number of esters is 1. The molecule has 0 radical (unpaired) electrons. The SMILES string of the molecule is C=CC(=O)OCCOCCOCCOCCOCCOCCOCCOCCOCCOCCOCCOCC[n+]1ccn(-c2ccc(OCCCCCCCCCC)cc2)c1. The lowest BCUT2D eigenvalue weighted by atomic mass is 10.1. The molecule has 0 bridgehead atoms. The maximum absolute atomic E-state index is 10.9. The zero-order valence-electron chi connectivity index (χ0n) is 37.8. The number of carbonyl (C=O) groups excluding carboxylic acids is 1. The van der Waals surface area contributed by atoms with Gasteiger partial charge in [0.1, 0.15) is 37.0 Å². The fourth-order valence-corrected chi connectivity index (χ4v) is 5.55. The average molecular weight is 884 g/mol. The largest absolute Gasteiger partial charge is 0.494 e. The van der Waals surface area contributed by atoms with Gasteiger partial charge >= 0.3 is 5.97 Å². The molecule has 0 aliphatic carbocycles. The van der Waals surface area contributed by atoms with E-state index in [2.05, 4.69) is 53.5 Å². The van der Waals surface area contributed by atoms with Crippen molar-refractivity contribution in [2.75, 3.05) is 159 Å². The first kappa shape index (κ1) is 55.1. The number of hydrogen-bond acceptors (Lipinski definition) is 14. The van der Waals surface area contributed by atoms with E-state index in [1.807, 2.05) is 12.1 Å². The van der Waals surface area contributed by atoms with Gasteiger partial charge in [0.15, 0.2) is 0 Å². The van der Waals surface area contributed by atoms with E-state index < -0.39 is 5.97 Å². The van der Waals surface area contributed by atoms with Gasteiger partial charge in [-0.25, -0.2) is 13.9 Å². The summed E-state index contributed by atoms with van der Waals surface area (Å²) in [5.41, 5.74) is 1.10. The van der Waals surface area contributed by atoms with Crippen molar-refractivity contribution in [3.63, 3.8) is 0 Å². The van der Waals surface area contributed by atoms with Crippen LogP contribution in [0.5, 0.6) is 5.75 Å².